The van der Waals surface area contributed by atoms with E-state index in [4.69, 9.17) is 0 Å². The minimum absolute atomic E-state index is 0.321. The van der Waals surface area contributed by atoms with Gasteiger partial charge in [0.05, 0.1) is 22.2 Å². The van der Waals surface area contributed by atoms with Crippen LogP contribution in [0, 0.1) is 6.92 Å². The maximum Gasteiger partial charge on any atom is 0.0912 e. The molecule has 0 aromatic carbocycles. The Hall–Kier alpha value is -0.450. The van der Waals surface area contributed by atoms with Crippen LogP contribution in [-0.4, -0.2) is 34.6 Å². The maximum atomic E-state index is 9.99. The summed E-state index contributed by atoms with van der Waals surface area (Å²) in [5.41, 5.74) is 2.79. The molecular weight excluding hydrogens is 208 g/mol. The topological polar surface area (TPSA) is 36.4 Å². The fraction of sp³-hybridized carbons (Fsp3) is 0.727. The van der Waals surface area contributed by atoms with E-state index in [0.29, 0.717) is 0 Å². The van der Waals surface area contributed by atoms with Crippen LogP contribution in [0.15, 0.2) is 5.51 Å². The Morgan fingerprint density at radius 1 is 1.53 bits per heavy atom. The summed E-state index contributed by atoms with van der Waals surface area (Å²) in [6, 6.07) is 0. The normalized spacial score (nSPS) is 19.6. The van der Waals surface area contributed by atoms with E-state index in [1.807, 2.05) is 12.4 Å². The first kappa shape index (κ1) is 11.0. The van der Waals surface area contributed by atoms with Crippen LogP contribution in [0.3, 0.4) is 0 Å². The largest absolute Gasteiger partial charge is 0.387 e. The van der Waals surface area contributed by atoms with Crippen LogP contribution in [0.4, 0.5) is 0 Å². The lowest BCUT2D eigenvalue weighted by Gasteiger charge is -2.16. The number of thiazole rings is 1. The number of hydrogen-bond donors (Lipinski definition) is 1. The average molecular weight is 226 g/mol. The lowest BCUT2D eigenvalue weighted by Crippen LogP contribution is -2.22. The fourth-order valence-corrected chi connectivity index (χ4v) is 2.90. The van der Waals surface area contributed by atoms with Crippen molar-refractivity contribution in [1.82, 2.24) is 9.88 Å². The second-order valence-corrected chi connectivity index (χ2v) is 5.04. The van der Waals surface area contributed by atoms with Crippen LogP contribution < -0.4 is 0 Å². The van der Waals surface area contributed by atoms with Gasteiger partial charge in [0.15, 0.2) is 0 Å². The summed E-state index contributed by atoms with van der Waals surface area (Å²) < 4.78 is 0. The first-order chi connectivity index (χ1) is 7.27. The Balaban J connectivity index is 1.81. The minimum Gasteiger partial charge on any atom is -0.387 e. The molecule has 1 aromatic rings. The third-order valence-electron chi connectivity index (χ3n) is 3.00. The third kappa shape index (κ3) is 2.77. The molecule has 2 rings (SSSR count). The summed E-state index contributed by atoms with van der Waals surface area (Å²) >= 11 is 1.56. The van der Waals surface area contributed by atoms with Crippen LogP contribution >= 0.6 is 11.3 Å². The highest BCUT2D eigenvalue weighted by Crippen LogP contribution is 2.24. The van der Waals surface area contributed by atoms with E-state index in [2.05, 4.69) is 9.88 Å². The van der Waals surface area contributed by atoms with Gasteiger partial charge in [0.25, 0.3) is 0 Å². The third-order valence-corrected chi connectivity index (χ3v) is 4.03. The number of aliphatic hydroxyl groups excluding tert-OH is 1. The summed E-state index contributed by atoms with van der Waals surface area (Å²) in [6.07, 6.45) is 3.15. The molecule has 0 spiro atoms. The molecule has 84 valence electrons. The summed E-state index contributed by atoms with van der Waals surface area (Å²) in [4.78, 5) is 7.63. The van der Waals surface area contributed by atoms with Gasteiger partial charge in [-0.2, -0.15) is 0 Å². The Morgan fingerprint density at radius 3 is 2.87 bits per heavy atom. The zero-order valence-electron chi connectivity index (χ0n) is 9.15. The Bertz CT molecular complexity index is 307. The van der Waals surface area contributed by atoms with Crippen molar-refractivity contribution in [2.24, 2.45) is 0 Å². The number of nitrogens with zero attached hydrogens (tertiary/aromatic N) is 2. The number of hydrogen-bond acceptors (Lipinski definition) is 4. The lowest BCUT2D eigenvalue weighted by molar-refractivity contribution is 0.151. The second kappa shape index (κ2) is 5.05. The number of aliphatic hydroxyl groups is 1. The predicted molar refractivity (Wildman–Crippen MR) is 62.1 cm³/mol. The molecule has 0 aliphatic carbocycles. The lowest BCUT2D eigenvalue weighted by atomic mass is 10.2. The smallest absolute Gasteiger partial charge is 0.0912 e. The van der Waals surface area contributed by atoms with Gasteiger partial charge >= 0.3 is 0 Å². The highest BCUT2D eigenvalue weighted by molar-refractivity contribution is 7.09. The molecule has 15 heavy (non-hydrogen) atoms. The van der Waals surface area contributed by atoms with Crippen molar-refractivity contribution in [2.45, 2.75) is 32.3 Å². The van der Waals surface area contributed by atoms with Gasteiger partial charge in [-0.3, -0.25) is 0 Å². The van der Waals surface area contributed by atoms with Gasteiger partial charge in [-0.05, 0) is 39.3 Å². The van der Waals surface area contributed by atoms with Crippen molar-refractivity contribution in [2.75, 3.05) is 19.6 Å². The molecule has 0 bridgehead atoms. The van der Waals surface area contributed by atoms with Gasteiger partial charge in [0.1, 0.15) is 0 Å². The molecule has 1 aromatic heterocycles. The Labute approximate surface area is 94.8 Å². The van der Waals surface area contributed by atoms with Crippen molar-refractivity contribution in [1.29, 1.82) is 0 Å². The molecule has 0 amide bonds. The highest BCUT2D eigenvalue weighted by atomic mass is 32.1. The average Bonchev–Trinajstić information content (AvgIpc) is 2.84. The molecule has 1 atom stereocenters. The van der Waals surface area contributed by atoms with E-state index in [-0.39, 0.29) is 6.10 Å². The molecule has 0 radical (unpaired) electrons. The monoisotopic (exact) mass is 226 g/mol. The zero-order chi connectivity index (χ0) is 10.7. The van der Waals surface area contributed by atoms with Crippen molar-refractivity contribution in [3.8, 4) is 0 Å². The van der Waals surface area contributed by atoms with Crippen LogP contribution in [0.25, 0.3) is 0 Å². The van der Waals surface area contributed by atoms with Crippen LogP contribution in [0.5, 0.6) is 0 Å². The number of rotatable bonds is 4. The van der Waals surface area contributed by atoms with Gasteiger partial charge in [-0.25, -0.2) is 4.98 Å². The zero-order valence-corrected chi connectivity index (χ0v) is 9.96. The first-order valence-electron chi connectivity index (χ1n) is 5.58. The molecule has 1 fully saturated rings. The standard InChI is InChI=1S/C11H18N2OS/c1-9-11(15-8-12-9)10(14)4-7-13-5-2-3-6-13/h8,10,14H,2-7H2,1H3. The van der Waals surface area contributed by atoms with Crippen LogP contribution in [0.1, 0.15) is 35.9 Å². The Kier molecular flexibility index (Phi) is 3.72. The highest BCUT2D eigenvalue weighted by Gasteiger charge is 2.16. The summed E-state index contributed by atoms with van der Waals surface area (Å²) in [5.74, 6) is 0. The number of aryl methyl sites for hydroxylation is 1. The summed E-state index contributed by atoms with van der Waals surface area (Å²) in [6.45, 7) is 5.38. The summed E-state index contributed by atoms with van der Waals surface area (Å²) in [5, 5.41) is 9.99. The molecule has 1 N–H and O–H groups in total. The predicted octanol–water partition coefficient (Wildman–Crippen LogP) is 1.97. The van der Waals surface area contributed by atoms with Gasteiger partial charge in [0, 0.05) is 6.54 Å². The first-order valence-corrected chi connectivity index (χ1v) is 6.46. The molecule has 1 aliphatic rings. The van der Waals surface area contributed by atoms with Crippen LogP contribution in [-0.2, 0) is 0 Å². The van der Waals surface area contributed by atoms with Crippen molar-refractivity contribution < 1.29 is 5.11 Å². The maximum absolute atomic E-state index is 9.99. The van der Waals surface area contributed by atoms with Gasteiger partial charge in [-0.1, -0.05) is 0 Å². The van der Waals surface area contributed by atoms with E-state index >= 15 is 0 Å². The van der Waals surface area contributed by atoms with Gasteiger partial charge in [-0.15, -0.1) is 11.3 Å². The Morgan fingerprint density at radius 2 is 2.27 bits per heavy atom. The molecule has 2 heterocycles. The second-order valence-electron chi connectivity index (χ2n) is 4.16. The van der Waals surface area contributed by atoms with Crippen molar-refractivity contribution in [3.05, 3.63) is 16.1 Å². The van der Waals surface area contributed by atoms with Gasteiger partial charge < -0.3 is 10.0 Å². The number of aromatic nitrogens is 1. The summed E-state index contributed by atoms with van der Waals surface area (Å²) in [7, 11) is 0. The molecule has 1 saturated heterocycles. The fourth-order valence-electron chi connectivity index (χ4n) is 2.07. The van der Waals surface area contributed by atoms with Gasteiger partial charge in [0.2, 0.25) is 0 Å². The van der Waals surface area contributed by atoms with E-state index < -0.39 is 0 Å². The van der Waals surface area contributed by atoms with E-state index in [1.54, 1.807) is 11.3 Å². The van der Waals surface area contributed by atoms with E-state index in [9.17, 15) is 5.11 Å². The molecule has 4 heteroatoms. The number of likely N-dealkylation sites (tertiary alicyclic amines) is 1. The van der Waals surface area contributed by atoms with Crippen molar-refractivity contribution in [3.63, 3.8) is 0 Å². The quantitative estimate of drug-likeness (QED) is 0.852. The SMILES string of the molecule is Cc1ncsc1C(O)CCN1CCCC1. The molecular formula is C11H18N2OS. The molecule has 1 aliphatic heterocycles. The molecule has 1 unspecified atom stereocenters. The van der Waals surface area contributed by atoms with E-state index in [0.717, 1.165) is 23.5 Å². The molecule has 3 nitrogen and oxygen atoms in total. The van der Waals surface area contributed by atoms with Crippen molar-refractivity contribution >= 4 is 11.3 Å². The minimum atomic E-state index is -0.321. The van der Waals surface area contributed by atoms with E-state index in [1.165, 1.54) is 25.9 Å². The van der Waals surface area contributed by atoms with Crippen LogP contribution in [0.2, 0.25) is 0 Å². The molecule has 0 saturated carbocycles.